The summed E-state index contributed by atoms with van der Waals surface area (Å²) in [6, 6.07) is 8.91. The minimum Gasteiger partial charge on any atom is -0.389 e. The zero-order valence-corrected chi connectivity index (χ0v) is 13.6. The highest BCUT2D eigenvalue weighted by atomic mass is 35.5. The molecule has 0 saturated carbocycles. The van der Waals surface area contributed by atoms with Gasteiger partial charge in [0, 0.05) is 11.2 Å². The first-order valence-electron chi connectivity index (χ1n) is 7.43. The fourth-order valence-corrected chi connectivity index (χ4v) is 2.44. The predicted octanol–water partition coefficient (Wildman–Crippen LogP) is 2.02. The second-order valence-corrected chi connectivity index (χ2v) is 5.83. The number of fused-ring (bicyclic) bond motifs is 1. The minimum atomic E-state index is -0.809. The van der Waals surface area contributed by atoms with Crippen molar-refractivity contribution in [2.75, 3.05) is 6.61 Å². The number of halogens is 1. The van der Waals surface area contributed by atoms with Gasteiger partial charge in [-0.25, -0.2) is 4.98 Å². The summed E-state index contributed by atoms with van der Waals surface area (Å²) in [6.07, 6.45) is 3.68. The third-order valence-corrected chi connectivity index (χ3v) is 3.78. The molecule has 2 heterocycles. The van der Waals surface area contributed by atoms with Gasteiger partial charge in [-0.3, -0.25) is 14.3 Å². The van der Waals surface area contributed by atoms with E-state index in [1.54, 1.807) is 24.4 Å². The van der Waals surface area contributed by atoms with Crippen LogP contribution in [0.2, 0.25) is 5.02 Å². The Hall–Kier alpha value is -2.28. The Kier molecular flexibility index (Phi) is 5.20. The lowest BCUT2D eigenvalue weighted by atomic mass is 10.2. The first-order chi connectivity index (χ1) is 11.6. The summed E-state index contributed by atoms with van der Waals surface area (Å²) in [4.78, 5) is 20.4. The topological polar surface area (TPSA) is 77.2 Å². The van der Waals surface area contributed by atoms with Gasteiger partial charge in [0.15, 0.2) is 0 Å². The monoisotopic (exact) mass is 345 g/mol. The SMILES string of the molecule is O=c1c2ccncc2ncn1CC(O)COCc1ccc(Cl)cc1. The number of benzene rings is 1. The van der Waals surface area contributed by atoms with Crippen molar-refractivity contribution < 1.29 is 9.84 Å². The Labute approximate surface area is 143 Å². The van der Waals surface area contributed by atoms with E-state index in [2.05, 4.69) is 9.97 Å². The van der Waals surface area contributed by atoms with Gasteiger partial charge >= 0.3 is 0 Å². The zero-order chi connectivity index (χ0) is 16.9. The number of pyridine rings is 1. The van der Waals surface area contributed by atoms with Gasteiger partial charge in [0.25, 0.3) is 5.56 Å². The van der Waals surface area contributed by atoms with Crippen LogP contribution >= 0.6 is 11.6 Å². The number of nitrogens with zero attached hydrogens (tertiary/aromatic N) is 3. The van der Waals surface area contributed by atoms with Crippen LogP contribution in [0.15, 0.2) is 53.8 Å². The maximum atomic E-state index is 12.3. The second-order valence-electron chi connectivity index (χ2n) is 5.39. The van der Waals surface area contributed by atoms with E-state index in [1.807, 2.05) is 12.1 Å². The van der Waals surface area contributed by atoms with Gasteiger partial charge in [0.05, 0.1) is 49.3 Å². The third kappa shape index (κ3) is 3.97. The highest BCUT2D eigenvalue weighted by Gasteiger charge is 2.09. The molecule has 0 fully saturated rings. The fourth-order valence-electron chi connectivity index (χ4n) is 2.31. The Balaban J connectivity index is 1.58. The maximum absolute atomic E-state index is 12.3. The summed E-state index contributed by atoms with van der Waals surface area (Å²) in [5.74, 6) is 0. The van der Waals surface area contributed by atoms with Gasteiger partial charge in [0.2, 0.25) is 0 Å². The molecule has 0 amide bonds. The number of hydrogen-bond donors (Lipinski definition) is 1. The molecule has 2 aromatic heterocycles. The van der Waals surface area contributed by atoms with Crippen molar-refractivity contribution in [3.05, 3.63) is 70.0 Å². The largest absolute Gasteiger partial charge is 0.389 e. The standard InChI is InChI=1S/C17H16ClN3O3/c18-13-3-1-12(2-4-13)9-24-10-14(22)8-21-11-20-16-7-19-6-5-15(16)17(21)23/h1-7,11,14,22H,8-10H2. The number of rotatable bonds is 6. The van der Waals surface area contributed by atoms with Crippen LogP contribution in [-0.4, -0.2) is 32.4 Å². The number of ether oxygens (including phenoxy) is 1. The smallest absolute Gasteiger partial charge is 0.261 e. The van der Waals surface area contributed by atoms with Crippen LogP contribution in [0.3, 0.4) is 0 Å². The molecule has 0 spiro atoms. The van der Waals surface area contributed by atoms with Crippen molar-refractivity contribution in [3.8, 4) is 0 Å². The number of hydrogen-bond acceptors (Lipinski definition) is 5. The summed E-state index contributed by atoms with van der Waals surface area (Å²) in [7, 11) is 0. The maximum Gasteiger partial charge on any atom is 0.261 e. The molecule has 3 aromatic rings. The first kappa shape index (κ1) is 16.6. The van der Waals surface area contributed by atoms with Gasteiger partial charge < -0.3 is 9.84 Å². The van der Waals surface area contributed by atoms with E-state index in [4.69, 9.17) is 16.3 Å². The first-order valence-corrected chi connectivity index (χ1v) is 7.80. The highest BCUT2D eigenvalue weighted by Crippen LogP contribution is 2.10. The molecule has 6 nitrogen and oxygen atoms in total. The molecule has 24 heavy (non-hydrogen) atoms. The van der Waals surface area contributed by atoms with E-state index >= 15 is 0 Å². The van der Waals surface area contributed by atoms with E-state index in [9.17, 15) is 9.90 Å². The molecular formula is C17H16ClN3O3. The predicted molar refractivity (Wildman–Crippen MR) is 90.9 cm³/mol. The second kappa shape index (κ2) is 7.53. The van der Waals surface area contributed by atoms with Crippen molar-refractivity contribution in [3.63, 3.8) is 0 Å². The number of aliphatic hydroxyl groups is 1. The van der Waals surface area contributed by atoms with Crippen LogP contribution < -0.4 is 5.56 Å². The molecule has 1 aromatic carbocycles. The summed E-state index contributed by atoms with van der Waals surface area (Å²) >= 11 is 5.82. The van der Waals surface area contributed by atoms with Crippen LogP contribution in [0, 0.1) is 0 Å². The summed E-state index contributed by atoms with van der Waals surface area (Å²) in [5, 5.41) is 11.2. The van der Waals surface area contributed by atoms with Crippen LogP contribution in [0.25, 0.3) is 10.9 Å². The average Bonchev–Trinajstić information content (AvgIpc) is 2.59. The molecule has 124 valence electrons. The zero-order valence-electron chi connectivity index (χ0n) is 12.8. The van der Waals surface area contributed by atoms with Gasteiger partial charge in [0.1, 0.15) is 0 Å². The molecule has 0 aliphatic heterocycles. The quantitative estimate of drug-likeness (QED) is 0.739. The highest BCUT2D eigenvalue weighted by molar-refractivity contribution is 6.30. The molecule has 1 unspecified atom stereocenters. The van der Waals surface area contributed by atoms with Gasteiger partial charge in [-0.15, -0.1) is 0 Å². The molecule has 1 N–H and O–H groups in total. The summed E-state index contributed by atoms with van der Waals surface area (Å²) in [6.45, 7) is 0.596. The van der Waals surface area contributed by atoms with E-state index in [0.29, 0.717) is 22.5 Å². The van der Waals surface area contributed by atoms with Crippen LogP contribution in [0.4, 0.5) is 0 Å². The van der Waals surface area contributed by atoms with Gasteiger partial charge in [-0.2, -0.15) is 0 Å². The lowest BCUT2D eigenvalue weighted by Crippen LogP contribution is -2.29. The molecule has 0 bridgehead atoms. The van der Waals surface area contributed by atoms with Crippen molar-refractivity contribution in [1.82, 2.24) is 14.5 Å². The third-order valence-electron chi connectivity index (χ3n) is 3.53. The molecule has 0 aliphatic rings. The number of aliphatic hydroxyl groups excluding tert-OH is 1. The van der Waals surface area contributed by atoms with E-state index in [0.717, 1.165) is 5.56 Å². The van der Waals surface area contributed by atoms with Gasteiger partial charge in [-0.1, -0.05) is 23.7 Å². The van der Waals surface area contributed by atoms with Gasteiger partial charge in [-0.05, 0) is 23.8 Å². The van der Waals surface area contributed by atoms with Crippen LogP contribution in [-0.2, 0) is 17.9 Å². The normalized spacial score (nSPS) is 12.4. The molecule has 0 saturated heterocycles. The minimum absolute atomic E-state index is 0.115. The fraction of sp³-hybridized carbons (Fsp3) is 0.235. The van der Waals surface area contributed by atoms with E-state index < -0.39 is 6.10 Å². The van der Waals surface area contributed by atoms with E-state index in [-0.39, 0.29) is 18.7 Å². The molecule has 7 heteroatoms. The van der Waals surface area contributed by atoms with Crippen LogP contribution in [0.1, 0.15) is 5.56 Å². The number of aromatic nitrogens is 3. The summed E-state index contributed by atoms with van der Waals surface area (Å²) < 4.78 is 6.86. The Morgan fingerprint density at radius 1 is 1.25 bits per heavy atom. The van der Waals surface area contributed by atoms with E-state index in [1.165, 1.54) is 17.1 Å². The lowest BCUT2D eigenvalue weighted by molar-refractivity contribution is 0.0198. The van der Waals surface area contributed by atoms with Crippen molar-refractivity contribution in [2.45, 2.75) is 19.3 Å². The van der Waals surface area contributed by atoms with Crippen LogP contribution in [0.5, 0.6) is 0 Å². The molecular weight excluding hydrogens is 330 g/mol. The summed E-state index contributed by atoms with van der Waals surface area (Å²) in [5.41, 5.74) is 1.29. The Morgan fingerprint density at radius 3 is 2.83 bits per heavy atom. The molecule has 3 rings (SSSR count). The molecule has 1 atom stereocenters. The van der Waals surface area contributed by atoms with Crippen molar-refractivity contribution in [1.29, 1.82) is 0 Å². The molecule has 0 aliphatic carbocycles. The Morgan fingerprint density at radius 2 is 2.04 bits per heavy atom. The average molecular weight is 346 g/mol. The molecule has 0 radical (unpaired) electrons. The Bertz CT molecular complexity index is 880. The lowest BCUT2D eigenvalue weighted by Gasteiger charge is -2.13. The van der Waals surface area contributed by atoms with Crippen molar-refractivity contribution in [2.24, 2.45) is 0 Å². The van der Waals surface area contributed by atoms with Crippen molar-refractivity contribution >= 4 is 22.5 Å².